The Bertz CT molecular complexity index is 630. The van der Waals surface area contributed by atoms with Gasteiger partial charge in [0.15, 0.2) is 5.70 Å². The number of benzene rings is 1. The number of esters is 1. The van der Waals surface area contributed by atoms with Crippen LogP contribution in [0.15, 0.2) is 28.9 Å². The zero-order valence-electron chi connectivity index (χ0n) is 11.8. The van der Waals surface area contributed by atoms with Gasteiger partial charge in [0.2, 0.25) is 5.90 Å². The minimum Gasteiger partial charge on any atom is -0.496 e. The van der Waals surface area contributed by atoms with Gasteiger partial charge in [-0.05, 0) is 37.1 Å². The van der Waals surface area contributed by atoms with Gasteiger partial charge in [-0.15, -0.1) is 0 Å². The van der Waals surface area contributed by atoms with Crippen LogP contribution in [0.25, 0.3) is 6.08 Å². The molecule has 0 bridgehead atoms. The van der Waals surface area contributed by atoms with Crippen LogP contribution in [0.5, 0.6) is 5.75 Å². The van der Waals surface area contributed by atoms with E-state index < -0.39 is 5.97 Å². The number of hydrogen-bond donors (Lipinski definition) is 0. The molecule has 3 rings (SSSR count). The number of methoxy groups -OCH3 is 1. The molecule has 0 atom stereocenters. The Morgan fingerprint density at radius 2 is 2.14 bits per heavy atom. The predicted octanol–water partition coefficient (Wildman–Crippen LogP) is 3.84. The number of halogens is 1. The third-order valence-electron chi connectivity index (χ3n) is 3.83. The normalized spacial score (nSPS) is 20.8. The quantitative estimate of drug-likeness (QED) is 0.630. The molecular formula is C16H16ClNO3. The lowest BCUT2D eigenvalue weighted by Crippen LogP contribution is -2.12. The summed E-state index contributed by atoms with van der Waals surface area (Å²) < 4.78 is 10.6. The molecule has 1 fully saturated rings. The average Bonchev–Trinajstić information content (AvgIpc) is 3.10. The first-order valence-electron chi connectivity index (χ1n) is 7.03. The van der Waals surface area contributed by atoms with Crippen molar-refractivity contribution in [3.05, 3.63) is 34.5 Å². The first-order valence-corrected chi connectivity index (χ1v) is 7.41. The van der Waals surface area contributed by atoms with Crippen LogP contribution in [-0.4, -0.2) is 19.0 Å². The lowest BCUT2D eigenvalue weighted by Gasteiger charge is -2.05. The van der Waals surface area contributed by atoms with Crippen molar-refractivity contribution in [2.45, 2.75) is 25.7 Å². The van der Waals surface area contributed by atoms with Crippen molar-refractivity contribution in [1.29, 1.82) is 0 Å². The Hall–Kier alpha value is -1.81. The molecule has 1 aromatic carbocycles. The maximum atomic E-state index is 12.0. The van der Waals surface area contributed by atoms with Crippen LogP contribution in [0, 0.1) is 5.92 Å². The predicted molar refractivity (Wildman–Crippen MR) is 81.5 cm³/mol. The summed E-state index contributed by atoms with van der Waals surface area (Å²) in [5.74, 6) is 1.08. The second kappa shape index (κ2) is 5.90. The van der Waals surface area contributed by atoms with Crippen LogP contribution in [0.3, 0.4) is 0 Å². The minimum absolute atomic E-state index is 0.279. The summed E-state index contributed by atoms with van der Waals surface area (Å²) in [6, 6.07) is 5.24. The van der Waals surface area contributed by atoms with E-state index in [-0.39, 0.29) is 5.92 Å². The van der Waals surface area contributed by atoms with Gasteiger partial charge in [0, 0.05) is 16.5 Å². The van der Waals surface area contributed by atoms with Crippen molar-refractivity contribution in [3.63, 3.8) is 0 Å². The second-order valence-electron chi connectivity index (χ2n) is 5.24. The van der Waals surface area contributed by atoms with E-state index in [2.05, 4.69) is 4.99 Å². The number of carbonyl (C=O) groups is 1. The highest BCUT2D eigenvalue weighted by atomic mass is 35.5. The fraction of sp³-hybridized carbons (Fsp3) is 0.375. The molecule has 0 aromatic heterocycles. The molecule has 1 aromatic rings. The third-order valence-corrected chi connectivity index (χ3v) is 4.06. The van der Waals surface area contributed by atoms with E-state index in [4.69, 9.17) is 21.1 Å². The highest BCUT2D eigenvalue weighted by Gasteiger charge is 2.31. The first-order chi connectivity index (χ1) is 10.2. The van der Waals surface area contributed by atoms with Crippen LogP contribution in [0.1, 0.15) is 31.2 Å². The van der Waals surface area contributed by atoms with Gasteiger partial charge >= 0.3 is 5.97 Å². The van der Waals surface area contributed by atoms with Gasteiger partial charge in [0.05, 0.1) is 7.11 Å². The number of rotatable bonds is 3. The standard InChI is InChI=1S/C16H16ClNO3/c1-20-14-7-6-12(17)8-11(14)9-13-16(19)21-15(18-13)10-4-2-3-5-10/h6-10H,2-5H2,1H3/b13-9+. The molecule has 0 unspecified atom stereocenters. The summed E-state index contributed by atoms with van der Waals surface area (Å²) in [6.45, 7) is 0. The van der Waals surface area contributed by atoms with Crippen molar-refractivity contribution in [2.75, 3.05) is 7.11 Å². The zero-order valence-corrected chi connectivity index (χ0v) is 12.5. The second-order valence-corrected chi connectivity index (χ2v) is 5.67. The largest absolute Gasteiger partial charge is 0.496 e. The average molecular weight is 306 g/mol. The SMILES string of the molecule is COc1ccc(Cl)cc1/C=C1/N=C(C2CCCC2)OC1=O. The van der Waals surface area contributed by atoms with Gasteiger partial charge in [-0.3, -0.25) is 0 Å². The molecule has 1 saturated carbocycles. The van der Waals surface area contributed by atoms with Crippen molar-refractivity contribution in [2.24, 2.45) is 10.9 Å². The molecule has 1 aliphatic carbocycles. The molecule has 0 N–H and O–H groups in total. The molecule has 1 aliphatic heterocycles. The monoisotopic (exact) mass is 305 g/mol. The summed E-state index contributed by atoms with van der Waals surface area (Å²) in [5.41, 5.74) is 1.02. The van der Waals surface area contributed by atoms with E-state index in [1.807, 2.05) is 0 Å². The Labute approximate surface area is 128 Å². The summed E-state index contributed by atoms with van der Waals surface area (Å²) in [6.07, 6.45) is 6.08. The molecule has 110 valence electrons. The molecule has 1 heterocycles. The smallest absolute Gasteiger partial charge is 0.363 e. The van der Waals surface area contributed by atoms with Crippen LogP contribution in [0.2, 0.25) is 5.02 Å². The highest BCUT2D eigenvalue weighted by Crippen LogP contribution is 2.31. The van der Waals surface area contributed by atoms with Crippen LogP contribution >= 0.6 is 11.6 Å². The van der Waals surface area contributed by atoms with Gasteiger partial charge in [-0.1, -0.05) is 24.4 Å². The number of aliphatic imine (C=N–C) groups is 1. The van der Waals surface area contributed by atoms with E-state index in [0.717, 1.165) is 12.8 Å². The molecular weight excluding hydrogens is 290 g/mol. The van der Waals surface area contributed by atoms with Crippen LogP contribution in [0.4, 0.5) is 0 Å². The third kappa shape index (κ3) is 2.95. The number of nitrogens with zero attached hydrogens (tertiary/aromatic N) is 1. The Kier molecular flexibility index (Phi) is 3.97. The van der Waals surface area contributed by atoms with E-state index in [1.54, 1.807) is 31.4 Å². The molecule has 0 spiro atoms. The van der Waals surface area contributed by atoms with Gasteiger partial charge in [-0.2, -0.15) is 0 Å². The fourth-order valence-corrected chi connectivity index (χ4v) is 2.92. The van der Waals surface area contributed by atoms with E-state index in [1.165, 1.54) is 12.8 Å². The summed E-state index contributed by atoms with van der Waals surface area (Å²) >= 11 is 5.99. The topological polar surface area (TPSA) is 47.9 Å². The zero-order chi connectivity index (χ0) is 14.8. The fourth-order valence-electron chi connectivity index (χ4n) is 2.74. The molecule has 21 heavy (non-hydrogen) atoms. The van der Waals surface area contributed by atoms with E-state index in [0.29, 0.717) is 27.9 Å². The van der Waals surface area contributed by atoms with Crippen molar-refractivity contribution < 1.29 is 14.3 Å². The van der Waals surface area contributed by atoms with E-state index in [9.17, 15) is 4.79 Å². The highest BCUT2D eigenvalue weighted by molar-refractivity contribution is 6.30. The molecule has 0 amide bonds. The number of ether oxygens (including phenoxy) is 2. The Morgan fingerprint density at radius 1 is 1.38 bits per heavy atom. The van der Waals surface area contributed by atoms with Crippen molar-refractivity contribution in [1.82, 2.24) is 0 Å². The first kappa shape index (κ1) is 14.1. The molecule has 0 saturated heterocycles. The number of hydrogen-bond acceptors (Lipinski definition) is 4. The van der Waals surface area contributed by atoms with Gasteiger partial charge in [0.25, 0.3) is 0 Å². The molecule has 4 nitrogen and oxygen atoms in total. The van der Waals surface area contributed by atoms with Crippen LogP contribution < -0.4 is 4.74 Å². The Balaban J connectivity index is 1.92. The molecule has 2 aliphatic rings. The number of carbonyl (C=O) groups excluding carboxylic acids is 1. The summed E-state index contributed by atoms with van der Waals surface area (Å²) in [5, 5.41) is 0.578. The van der Waals surface area contributed by atoms with Crippen LogP contribution in [-0.2, 0) is 9.53 Å². The van der Waals surface area contributed by atoms with Crippen molar-refractivity contribution >= 4 is 29.5 Å². The van der Waals surface area contributed by atoms with Gasteiger partial charge in [0.1, 0.15) is 5.75 Å². The maximum absolute atomic E-state index is 12.0. The lowest BCUT2D eigenvalue weighted by atomic mass is 10.1. The summed E-state index contributed by atoms with van der Waals surface area (Å²) in [7, 11) is 1.57. The maximum Gasteiger partial charge on any atom is 0.363 e. The summed E-state index contributed by atoms with van der Waals surface area (Å²) in [4.78, 5) is 16.3. The number of cyclic esters (lactones) is 1. The van der Waals surface area contributed by atoms with Gasteiger partial charge < -0.3 is 9.47 Å². The van der Waals surface area contributed by atoms with Gasteiger partial charge in [-0.25, -0.2) is 9.79 Å². The molecule has 5 heteroatoms. The Morgan fingerprint density at radius 3 is 2.86 bits per heavy atom. The molecule has 0 radical (unpaired) electrons. The van der Waals surface area contributed by atoms with E-state index >= 15 is 0 Å². The van der Waals surface area contributed by atoms with Crippen molar-refractivity contribution in [3.8, 4) is 5.75 Å². The minimum atomic E-state index is -0.404. The lowest BCUT2D eigenvalue weighted by molar-refractivity contribution is -0.130.